The average Bonchev–Trinajstić information content (AvgIpc) is 2.76. The highest BCUT2D eigenvalue weighted by Gasteiger charge is 2.24. The number of nitrogens with one attached hydrogen (secondary N) is 1. The Bertz CT molecular complexity index is 772. The molecule has 1 aliphatic heterocycles. The van der Waals surface area contributed by atoms with Gasteiger partial charge in [-0.25, -0.2) is 0 Å². The molecule has 5 nitrogen and oxygen atoms in total. The predicted octanol–water partition coefficient (Wildman–Crippen LogP) is 4.05. The Kier molecular flexibility index (Phi) is 7.78. The number of nitrogens with zero attached hydrogens (tertiary/aromatic N) is 1. The number of ether oxygens (including phenoxy) is 3. The lowest BCUT2D eigenvalue weighted by atomic mass is 9.89. The summed E-state index contributed by atoms with van der Waals surface area (Å²) in [5.74, 6) is 2.54. The number of benzene rings is 2. The van der Waals surface area contributed by atoms with E-state index in [2.05, 4.69) is 48.3 Å². The molecule has 0 saturated heterocycles. The Morgan fingerprint density at radius 1 is 1.00 bits per heavy atom. The molecule has 0 fully saturated rings. The van der Waals surface area contributed by atoms with Crippen molar-refractivity contribution in [3.63, 3.8) is 0 Å². The third-order valence-corrected chi connectivity index (χ3v) is 5.56. The van der Waals surface area contributed by atoms with Crippen molar-refractivity contribution in [1.29, 1.82) is 0 Å². The maximum absolute atomic E-state index is 6.15. The molecule has 0 bridgehead atoms. The Morgan fingerprint density at radius 3 is 2.41 bits per heavy atom. The zero-order chi connectivity index (χ0) is 20.6. The molecule has 1 atom stereocenters. The summed E-state index contributed by atoms with van der Waals surface area (Å²) in [6, 6.07) is 12.8. The molecular weight excluding hydrogens is 364 g/mol. The van der Waals surface area contributed by atoms with E-state index in [0.29, 0.717) is 13.2 Å². The number of likely N-dealkylation sites (N-methyl/N-ethyl adjacent to an activating group) is 1. The summed E-state index contributed by atoms with van der Waals surface area (Å²) in [6.07, 6.45) is 0.985. The zero-order valence-electron chi connectivity index (χ0n) is 18.2. The molecule has 2 aromatic rings. The summed E-state index contributed by atoms with van der Waals surface area (Å²) in [6.45, 7) is 11.6. The van der Waals surface area contributed by atoms with E-state index in [1.165, 1.54) is 16.7 Å². The quantitative estimate of drug-likeness (QED) is 0.654. The van der Waals surface area contributed by atoms with Crippen LogP contribution in [-0.4, -0.2) is 51.4 Å². The van der Waals surface area contributed by atoms with Gasteiger partial charge in [-0.2, -0.15) is 0 Å². The maximum atomic E-state index is 6.15. The molecule has 0 radical (unpaired) electrons. The maximum Gasteiger partial charge on any atom is 0.161 e. The van der Waals surface area contributed by atoms with Crippen molar-refractivity contribution < 1.29 is 14.2 Å². The third kappa shape index (κ3) is 5.22. The highest BCUT2D eigenvalue weighted by atomic mass is 16.5. The minimum Gasteiger partial charge on any atom is -0.494 e. The van der Waals surface area contributed by atoms with Crippen LogP contribution in [0.25, 0.3) is 0 Å². The normalized spacial score (nSPS) is 15.8. The molecule has 3 rings (SSSR count). The van der Waals surface area contributed by atoms with Crippen molar-refractivity contribution in [1.82, 2.24) is 10.2 Å². The highest BCUT2D eigenvalue weighted by Crippen LogP contribution is 2.37. The van der Waals surface area contributed by atoms with Gasteiger partial charge in [0.1, 0.15) is 12.4 Å². The standard InChI is InChI=1S/C24H34N2O3/c1-5-26(6-2)14-15-29-23-17-21-19(16-22(23)27-4)12-13-25-24(21)18-8-10-20(11-9-18)28-7-3/h8-11,16-17,24-25H,5-7,12-15H2,1-4H3. The van der Waals surface area contributed by atoms with E-state index in [-0.39, 0.29) is 6.04 Å². The Labute approximate surface area is 175 Å². The molecule has 1 aliphatic rings. The first kappa shape index (κ1) is 21.5. The first-order valence-electron chi connectivity index (χ1n) is 10.7. The van der Waals surface area contributed by atoms with E-state index in [0.717, 1.165) is 49.8 Å². The van der Waals surface area contributed by atoms with E-state index in [9.17, 15) is 0 Å². The van der Waals surface area contributed by atoms with Gasteiger partial charge in [-0.1, -0.05) is 26.0 Å². The average molecular weight is 399 g/mol. The van der Waals surface area contributed by atoms with E-state index in [4.69, 9.17) is 14.2 Å². The van der Waals surface area contributed by atoms with E-state index in [1.54, 1.807) is 7.11 Å². The van der Waals surface area contributed by atoms with Crippen LogP contribution in [-0.2, 0) is 6.42 Å². The topological polar surface area (TPSA) is 43.0 Å². The fraction of sp³-hybridized carbons (Fsp3) is 0.500. The van der Waals surface area contributed by atoms with E-state index >= 15 is 0 Å². The van der Waals surface area contributed by atoms with Crippen molar-refractivity contribution in [2.75, 3.05) is 46.5 Å². The monoisotopic (exact) mass is 398 g/mol. The van der Waals surface area contributed by atoms with Crippen molar-refractivity contribution in [3.05, 3.63) is 53.1 Å². The van der Waals surface area contributed by atoms with Crippen molar-refractivity contribution in [2.45, 2.75) is 33.2 Å². The van der Waals surface area contributed by atoms with Crippen LogP contribution in [0.2, 0.25) is 0 Å². The molecule has 0 aromatic heterocycles. The lowest BCUT2D eigenvalue weighted by Gasteiger charge is -2.29. The predicted molar refractivity (Wildman–Crippen MR) is 117 cm³/mol. The summed E-state index contributed by atoms with van der Waals surface area (Å²) < 4.78 is 17.4. The van der Waals surface area contributed by atoms with Crippen LogP contribution in [0, 0.1) is 0 Å². The van der Waals surface area contributed by atoms with Crippen LogP contribution in [0.4, 0.5) is 0 Å². The Balaban J connectivity index is 1.83. The van der Waals surface area contributed by atoms with E-state index in [1.807, 2.05) is 19.1 Å². The van der Waals surface area contributed by atoms with Gasteiger partial charge in [0.25, 0.3) is 0 Å². The van der Waals surface area contributed by atoms with Crippen LogP contribution >= 0.6 is 0 Å². The lowest BCUT2D eigenvalue weighted by Crippen LogP contribution is -2.31. The molecule has 158 valence electrons. The molecule has 2 aromatic carbocycles. The van der Waals surface area contributed by atoms with Gasteiger partial charge in [-0.3, -0.25) is 0 Å². The highest BCUT2D eigenvalue weighted by molar-refractivity contribution is 5.52. The first-order valence-corrected chi connectivity index (χ1v) is 10.7. The molecule has 1 unspecified atom stereocenters. The van der Waals surface area contributed by atoms with Crippen molar-refractivity contribution in [2.24, 2.45) is 0 Å². The third-order valence-electron chi connectivity index (χ3n) is 5.56. The summed E-state index contributed by atoms with van der Waals surface area (Å²) in [5, 5.41) is 3.65. The van der Waals surface area contributed by atoms with Gasteiger partial charge in [0, 0.05) is 13.1 Å². The number of methoxy groups -OCH3 is 1. The number of fused-ring (bicyclic) bond motifs is 1. The summed E-state index contributed by atoms with van der Waals surface area (Å²) in [7, 11) is 1.71. The van der Waals surface area contributed by atoms with Crippen LogP contribution < -0.4 is 19.5 Å². The molecule has 5 heteroatoms. The fourth-order valence-corrected chi connectivity index (χ4v) is 3.88. The SMILES string of the molecule is CCOc1ccc(C2NCCc3cc(OC)c(OCCN(CC)CC)cc32)cc1. The number of rotatable bonds is 10. The molecule has 0 spiro atoms. The fourth-order valence-electron chi connectivity index (χ4n) is 3.88. The zero-order valence-corrected chi connectivity index (χ0v) is 18.2. The van der Waals surface area contributed by atoms with Gasteiger partial charge in [0.05, 0.1) is 19.8 Å². The molecular formula is C24H34N2O3. The van der Waals surface area contributed by atoms with Crippen LogP contribution in [0.15, 0.2) is 36.4 Å². The van der Waals surface area contributed by atoms with Crippen LogP contribution in [0.1, 0.15) is 43.5 Å². The second kappa shape index (κ2) is 10.5. The van der Waals surface area contributed by atoms with Gasteiger partial charge in [-0.15, -0.1) is 0 Å². The van der Waals surface area contributed by atoms with E-state index < -0.39 is 0 Å². The summed E-state index contributed by atoms with van der Waals surface area (Å²) in [5.41, 5.74) is 3.81. The molecule has 1 heterocycles. The van der Waals surface area contributed by atoms with Gasteiger partial charge in [0.15, 0.2) is 11.5 Å². The van der Waals surface area contributed by atoms with Crippen molar-refractivity contribution in [3.8, 4) is 17.2 Å². The van der Waals surface area contributed by atoms with Crippen LogP contribution in [0.3, 0.4) is 0 Å². The van der Waals surface area contributed by atoms with Gasteiger partial charge in [0.2, 0.25) is 0 Å². The van der Waals surface area contributed by atoms with Crippen molar-refractivity contribution >= 4 is 0 Å². The molecule has 0 aliphatic carbocycles. The molecule has 1 N–H and O–H groups in total. The number of hydrogen-bond acceptors (Lipinski definition) is 5. The summed E-state index contributed by atoms with van der Waals surface area (Å²) in [4.78, 5) is 2.36. The largest absolute Gasteiger partial charge is 0.494 e. The van der Waals surface area contributed by atoms with Gasteiger partial charge in [-0.05, 0) is 67.4 Å². The Morgan fingerprint density at radius 2 is 1.76 bits per heavy atom. The lowest BCUT2D eigenvalue weighted by molar-refractivity contribution is 0.217. The Hall–Kier alpha value is -2.24. The molecule has 29 heavy (non-hydrogen) atoms. The summed E-state index contributed by atoms with van der Waals surface area (Å²) >= 11 is 0. The van der Waals surface area contributed by atoms with Crippen LogP contribution in [0.5, 0.6) is 17.2 Å². The molecule has 0 amide bonds. The van der Waals surface area contributed by atoms with Gasteiger partial charge < -0.3 is 24.4 Å². The minimum absolute atomic E-state index is 0.144. The second-order valence-electron chi connectivity index (χ2n) is 7.22. The minimum atomic E-state index is 0.144. The van der Waals surface area contributed by atoms with Gasteiger partial charge >= 0.3 is 0 Å². The second-order valence-corrected chi connectivity index (χ2v) is 7.22. The molecule has 0 saturated carbocycles. The smallest absolute Gasteiger partial charge is 0.161 e. The first-order chi connectivity index (χ1) is 14.2. The number of hydrogen-bond donors (Lipinski definition) is 1.